The minimum atomic E-state index is -0.196. The van der Waals surface area contributed by atoms with Crippen molar-refractivity contribution in [1.29, 1.82) is 0 Å². The summed E-state index contributed by atoms with van der Waals surface area (Å²) >= 11 is 0. The zero-order chi connectivity index (χ0) is 6.57. The van der Waals surface area contributed by atoms with Crippen LogP contribution >= 0.6 is 0 Å². The first kappa shape index (κ1) is 11.9. The van der Waals surface area contributed by atoms with Gasteiger partial charge in [0, 0.05) is 29.3 Å². The van der Waals surface area contributed by atoms with Crippen molar-refractivity contribution < 1.29 is 31.9 Å². The molecule has 0 N–H and O–H groups in total. The number of ether oxygens (including phenoxy) is 1. The molecule has 0 aromatic rings. The Balaban J connectivity index is 0. The standard InChI is InChI=1S/C6H12O2.Ag/c1-5(2)4-8-6(3)7;/h5H,4H2,1-3H3;. The first-order valence-electron chi connectivity index (χ1n) is 2.76. The van der Waals surface area contributed by atoms with E-state index in [0.29, 0.717) is 12.5 Å². The molecule has 0 saturated carbocycles. The zero-order valence-electron chi connectivity index (χ0n) is 5.90. The largest absolute Gasteiger partial charge is 0.466 e. The zero-order valence-corrected chi connectivity index (χ0v) is 7.38. The number of carbonyl (C=O) groups is 1. The van der Waals surface area contributed by atoms with Crippen LogP contribution in [0.15, 0.2) is 0 Å². The van der Waals surface area contributed by atoms with Crippen LogP contribution < -0.4 is 0 Å². The maximum absolute atomic E-state index is 10.1. The molecule has 0 unspecified atom stereocenters. The molecule has 0 spiro atoms. The molecule has 0 fully saturated rings. The summed E-state index contributed by atoms with van der Waals surface area (Å²) in [6.45, 7) is 5.96. The van der Waals surface area contributed by atoms with Crippen molar-refractivity contribution in [3.63, 3.8) is 0 Å². The SMILES string of the molecule is CC(=O)OCC(C)C.[Ag]. The predicted molar refractivity (Wildman–Crippen MR) is 31.5 cm³/mol. The van der Waals surface area contributed by atoms with Gasteiger partial charge in [-0.1, -0.05) is 13.8 Å². The van der Waals surface area contributed by atoms with Crippen molar-refractivity contribution >= 4 is 5.97 Å². The van der Waals surface area contributed by atoms with E-state index in [0.717, 1.165) is 0 Å². The van der Waals surface area contributed by atoms with Crippen LogP contribution in [0, 0.1) is 5.92 Å². The number of esters is 1. The topological polar surface area (TPSA) is 26.3 Å². The third-order valence-corrected chi connectivity index (χ3v) is 0.620. The quantitative estimate of drug-likeness (QED) is 0.520. The second kappa shape index (κ2) is 6.33. The van der Waals surface area contributed by atoms with Crippen LogP contribution in [-0.2, 0) is 31.9 Å². The number of rotatable bonds is 2. The van der Waals surface area contributed by atoms with Gasteiger partial charge in [0.2, 0.25) is 0 Å². The molecule has 1 radical (unpaired) electrons. The van der Waals surface area contributed by atoms with Gasteiger partial charge in [-0.15, -0.1) is 0 Å². The molecular weight excluding hydrogens is 212 g/mol. The van der Waals surface area contributed by atoms with E-state index < -0.39 is 0 Å². The Kier molecular flexibility index (Phi) is 8.40. The fraction of sp³-hybridized carbons (Fsp3) is 0.833. The van der Waals surface area contributed by atoms with Crippen molar-refractivity contribution in [2.45, 2.75) is 20.8 Å². The van der Waals surface area contributed by atoms with E-state index in [1.807, 2.05) is 13.8 Å². The summed E-state index contributed by atoms with van der Waals surface area (Å²) in [5, 5.41) is 0. The van der Waals surface area contributed by atoms with Gasteiger partial charge < -0.3 is 4.74 Å². The maximum atomic E-state index is 10.1. The summed E-state index contributed by atoms with van der Waals surface area (Å²) in [5.74, 6) is 0.248. The monoisotopic (exact) mass is 223 g/mol. The molecule has 0 atom stereocenters. The molecular formula is C6H12AgO2. The Morgan fingerprint density at radius 3 is 2.11 bits per heavy atom. The predicted octanol–water partition coefficient (Wildman–Crippen LogP) is 1.20. The summed E-state index contributed by atoms with van der Waals surface area (Å²) in [6, 6.07) is 0. The van der Waals surface area contributed by atoms with Crippen LogP contribution in [0.2, 0.25) is 0 Å². The molecule has 9 heavy (non-hydrogen) atoms. The molecule has 2 nitrogen and oxygen atoms in total. The summed E-state index contributed by atoms with van der Waals surface area (Å²) in [4.78, 5) is 10.1. The van der Waals surface area contributed by atoms with Crippen LogP contribution in [-0.4, -0.2) is 12.6 Å². The second-order valence-electron chi connectivity index (χ2n) is 2.20. The first-order valence-corrected chi connectivity index (χ1v) is 2.76. The van der Waals surface area contributed by atoms with E-state index in [1.54, 1.807) is 0 Å². The van der Waals surface area contributed by atoms with Gasteiger partial charge in [-0.05, 0) is 5.92 Å². The van der Waals surface area contributed by atoms with Gasteiger partial charge in [0.1, 0.15) is 0 Å². The fourth-order valence-corrected chi connectivity index (χ4v) is 0.284. The molecule has 0 aliphatic carbocycles. The summed E-state index contributed by atoms with van der Waals surface area (Å²) in [5.41, 5.74) is 0. The Hall–Kier alpha value is 0.210. The maximum Gasteiger partial charge on any atom is 0.302 e. The van der Waals surface area contributed by atoms with E-state index in [2.05, 4.69) is 4.74 Å². The Labute approximate surface area is 71.5 Å². The van der Waals surface area contributed by atoms with Crippen molar-refractivity contribution in [1.82, 2.24) is 0 Å². The van der Waals surface area contributed by atoms with Crippen molar-refractivity contribution in [3.05, 3.63) is 0 Å². The normalized spacial score (nSPS) is 8.44. The molecule has 0 amide bonds. The molecule has 0 aliphatic rings. The van der Waals surface area contributed by atoms with Crippen LogP contribution in [0.5, 0.6) is 0 Å². The van der Waals surface area contributed by atoms with Crippen LogP contribution in [0.1, 0.15) is 20.8 Å². The van der Waals surface area contributed by atoms with Gasteiger partial charge >= 0.3 is 5.97 Å². The van der Waals surface area contributed by atoms with Crippen LogP contribution in [0.25, 0.3) is 0 Å². The fourth-order valence-electron chi connectivity index (χ4n) is 0.284. The summed E-state index contributed by atoms with van der Waals surface area (Å²) < 4.78 is 4.66. The minimum absolute atomic E-state index is 0. The van der Waals surface area contributed by atoms with Gasteiger partial charge in [0.25, 0.3) is 0 Å². The molecule has 0 aliphatic heterocycles. The van der Waals surface area contributed by atoms with Gasteiger partial charge in [0.15, 0.2) is 0 Å². The third kappa shape index (κ3) is 11.7. The Morgan fingerprint density at radius 1 is 1.56 bits per heavy atom. The summed E-state index contributed by atoms with van der Waals surface area (Å²) in [6.07, 6.45) is 0. The van der Waals surface area contributed by atoms with Crippen molar-refractivity contribution in [2.75, 3.05) is 6.61 Å². The van der Waals surface area contributed by atoms with Gasteiger partial charge in [-0.2, -0.15) is 0 Å². The van der Waals surface area contributed by atoms with Crippen LogP contribution in [0.4, 0.5) is 0 Å². The van der Waals surface area contributed by atoms with Gasteiger partial charge in [-0.3, -0.25) is 4.79 Å². The van der Waals surface area contributed by atoms with Crippen molar-refractivity contribution in [3.8, 4) is 0 Å². The third-order valence-electron chi connectivity index (χ3n) is 0.620. The molecule has 0 aromatic heterocycles. The minimum Gasteiger partial charge on any atom is -0.466 e. The molecule has 0 aromatic carbocycles. The van der Waals surface area contributed by atoms with Gasteiger partial charge in [0.05, 0.1) is 6.61 Å². The second-order valence-corrected chi connectivity index (χ2v) is 2.20. The number of hydrogen-bond donors (Lipinski definition) is 0. The van der Waals surface area contributed by atoms with Crippen molar-refractivity contribution in [2.24, 2.45) is 5.92 Å². The van der Waals surface area contributed by atoms with E-state index in [-0.39, 0.29) is 28.3 Å². The average molecular weight is 224 g/mol. The van der Waals surface area contributed by atoms with E-state index >= 15 is 0 Å². The van der Waals surface area contributed by atoms with E-state index in [9.17, 15) is 4.79 Å². The Morgan fingerprint density at radius 2 is 2.00 bits per heavy atom. The average Bonchev–Trinajstić information content (AvgIpc) is 1.61. The Bertz CT molecular complexity index is 81.1. The molecule has 59 valence electrons. The number of hydrogen-bond acceptors (Lipinski definition) is 2. The molecule has 0 rings (SSSR count). The molecule has 0 bridgehead atoms. The summed E-state index contributed by atoms with van der Waals surface area (Å²) in [7, 11) is 0. The first-order chi connectivity index (χ1) is 3.63. The van der Waals surface area contributed by atoms with Gasteiger partial charge in [-0.25, -0.2) is 0 Å². The molecule has 3 heteroatoms. The smallest absolute Gasteiger partial charge is 0.302 e. The van der Waals surface area contributed by atoms with E-state index in [4.69, 9.17) is 0 Å². The molecule has 0 saturated heterocycles. The molecule has 0 heterocycles. The number of carbonyl (C=O) groups excluding carboxylic acids is 1. The van der Waals surface area contributed by atoms with E-state index in [1.165, 1.54) is 6.92 Å². The van der Waals surface area contributed by atoms with Crippen LogP contribution in [0.3, 0.4) is 0 Å².